The van der Waals surface area contributed by atoms with Gasteiger partial charge in [0.1, 0.15) is 11.6 Å². The van der Waals surface area contributed by atoms with Crippen molar-refractivity contribution in [3.63, 3.8) is 0 Å². The largest absolute Gasteiger partial charge is 0.327 e. The van der Waals surface area contributed by atoms with Crippen molar-refractivity contribution in [2.75, 3.05) is 11.9 Å². The number of rotatable bonds is 2. The molecule has 0 radical (unpaired) electrons. The van der Waals surface area contributed by atoms with E-state index in [1.54, 1.807) is 30.3 Å². The van der Waals surface area contributed by atoms with E-state index in [2.05, 4.69) is 4.98 Å². The fraction of sp³-hybridized carbons (Fsp3) is 0.0833. The normalized spacial score (nSPS) is 10.2. The van der Waals surface area contributed by atoms with E-state index in [9.17, 15) is 4.39 Å². The van der Waals surface area contributed by atoms with Gasteiger partial charge in [0.15, 0.2) is 0 Å². The minimum Gasteiger partial charge on any atom is -0.327 e. The Labute approximate surface area is 98.3 Å². The summed E-state index contributed by atoms with van der Waals surface area (Å²) in [5, 5.41) is 0.385. The molecule has 2 aromatic rings. The lowest BCUT2D eigenvalue weighted by atomic mass is 10.3. The fourth-order valence-electron chi connectivity index (χ4n) is 1.43. The molecule has 0 bridgehead atoms. The number of halogens is 2. The first kappa shape index (κ1) is 10.9. The zero-order chi connectivity index (χ0) is 11.5. The number of pyridine rings is 1. The van der Waals surface area contributed by atoms with Gasteiger partial charge in [-0.2, -0.15) is 0 Å². The highest BCUT2D eigenvalue weighted by molar-refractivity contribution is 6.30. The third-order valence-corrected chi connectivity index (χ3v) is 2.50. The summed E-state index contributed by atoms with van der Waals surface area (Å²) in [7, 11) is 1.76. The highest BCUT2D eigenvalue weighted by atomic mass is 35.5. The predicted octanol–water partition coefficient (Wildman–Crippen LogP) is 3.64. The van der Waals surface area contributed by atoms with Crippen LogP contribution in [0.4, 0.5) is 15.9 Å². The quantitative estimate of drug-likeness (QED) is 0.791. The van der Waals surface area contributed by atoms with E-state index in [-0.39, 0.29) is 5.82 Å². The smallest absolute Gasteiger partial charge is 0.148 e. The maximum Gasteiger partial charge on any atom is 0.148 e. The van der Waals surface area contributed by atoms with E-state index in [1.807, 2.05) is 18.2 Å². The van der Waals surface area contributed by atoms with E-state index in [0.717, 1.165) is 0 Å². The molecule has 0 aliphatic heterocycles. The zero-order valence-electron chi connectivity index (χ0n) is 8.69. The van der Waals surface area contributed by atoms with Gasteiger partial charge in [-0.3, -0.25) is 0 Å². The van der Waals surface area contributed by atoms with Gasteiger partial charge < -0.3 is 4.90 Å². The van der Waals surface area contributed by atoms with Crippen LogP contribution in [0.3, 0.4) is 0 Å². The van der Waals surface area contributed by atoms with Crippen LogP contribution in [0.1, 0.15) is 0 Å². The third-order valence-electron chi connectivity index (χ3n) is 2.26. The molecule has 2 rings (SSSR count). The highest BCUT2D eigenvalue weighted by Gasteiger charge is 2.10. The SMILES string of the molecule is CN(c1ccccn1)c1ccc(Cl)cc1F. The van der Waals surface area contributed by atoms with Crippen molar-refractivity contribution < 1.29 is 4.39 Å². The van der Waals surface area contributed by atoms with Crippen molar-refractivity contribution in [1.29, 1.82) is 0 Å². The van der Waals surface area contributed by atoms with Crippen molar-refractivity contribution in [3.05, 3.63) is 53.4 Å². The number of anilines is 2. The van der Waals surface area contributed by atoms with Gasteiger partial charge in [-0.25, -0.2) is 9.37 Å². The van der Waals surface area contributed by atoms with Crippen LogP contribution in [0.15, 0.2) is 42.6 Å². The molecule has 0 saturated heterocycles. The van der Waals surface area contributed by atoms with Crippen LogP contribution in [-0.4, -0.2) is 12.0 Å². The Morgan fingerprint density at radius 1 is 1.25 bits per heavy atom. The number of nitrogens with zero attached hydrogens (tertiary/aromatic N) is 2. The van der Waals surface area contributed by atoms with Crippen LogP contribution < -0.4 is 4.90 Å². The van der Waals surface area contributed by atoms with Crippen molar-refractivity contribution in [1.82, 2.24) is 4.98 Å². The lowest BCUT2D eigenvalue weighted by Gasteiger charge is -2.18. The molecule has 2 nitrogen and oxygen atoms in total. The van der Waals surface area contributed by atoms with Crippen LogP contribution in [0.5, 0.6) is 0 Å². The van der Waals surface area contributed by atoms with Gasteiger partial charge in [-0.15, -0.1) is 0 Å². The second kappa shape index (κ2) is 4.49. The minimum atomic E-state index is -0.361. The summed E-state index contributed by atoms with van der Waals surface area (Å²) in [5.41, 5.74) is 0.447. The van der Waals surface area contributed by atoms with Gasteiger partial charge >= 0.3 is 0 Å². The number of hydrogen-bond donors (Lipinski definition) is 0. The Kier molecular flexibility index (Phi) is 3.06. The van der Waals surface area contributed by atoms with Crippen molar-refractivity contribution in [2.24, 2.45) is 0 Å². The maximum absolute atomic E-state index is 13.6. The van der Waals surface area contributed by atoms with E-state index in [1.165, 1.54) is 6.07 Å². The molecule has 0 fully saturated rings. The van der Waals surface area contributed by atoms with Gasteiger partial charge in [0.2, 0.25) is 0 Å². The fourth-order valence-corrected chi connectivity index (χ4v) is 1.59. The first-order chi connectivity index (χ1) is 7.68. The average molecular weight is 237 g/mol. The number of aromatic nitrogens is 1. The molecule has 82 valence electrons. The van der Waals surface area contributed by atoms with Gasteiger partial charge in [0.25, 0.3) is 0 Å². The minimum absolute atomic E-state index is 0.361. The Hall–Kier alpha value is -1.61. The topological polar surface area (TPSA) is 16.1 Å². The Morgan fingerprint density at radius 2 is 2.06 bits per heavy atom. The summed E-state index contributed by atoms with van der Waals surface area (Å²) in [6.07, 6.45) is 1.67. The molecule has 0 N–H and O–H groups in total. The first-order valence-corrected chi connectivity index (χ1v) is 5.16. The third kappa shape index (κ3) is 2.14. The van der Waals surface area contributed by atoms with Crippen LogP contribution in [0, 0.1) is 5.82 Å². The monoisotopic (exact) mass is 236 g/mol. The van der Waals surface area contributed by atoms with Gasteiger partial charge in [-0.05, 0) is 30.3 Å². The van der Waals surface area contributed by atoms with Crippen LogP contribution in [-0.2, 0) is 0 Å². The van der Waals surface area contributed by atoms with Crippen molar-refractivity contribution >= 4 is 23.1 Å². The maximum atomic E-state index is 13.6. The molecule has 0 aliphatic rings. The lowest BCUT2D eigenvalue weighted by Crippen LogP contribution is -2.12. The first-order valence-electron chi connectivity index (χ1n) is 4.78. The predicted molar refractivity (Wildman–Crippen MR) is 63.7 cm³/mol. The Morgan fingerprint density at radius 3 is 2.69 bits per heavy atom. The molecule has 0 amide bonds. The van der Waals surface area contributed by atoms with Gasteiger partial charge in [-0.1, -0.05) is 17.7 Å². The van der Waals surface area contributed by atoms with Crippen LogP contribution >= 0.6 is 11.6 Å². The Balaban J connectivity index is 2.38. The Bertz CT molecular complexity index is 488. The summed E-state index contributed by atoms with van der Waals surface area (Å²) < 4.78 is 13.6. The zero-order valence-corrected chi connectivity index (χ0v) is 9.45. The lowest BCUT2D eigenvalue weighted by molar-refractivity contribution is 0.627. The summed E-state index contributed by atoms with van der Waals surface area (Å²) in [6.45, 7) is 0. The summed E-state index contributed by atoms with van der Waals surface area (Å²) >= 11 is 5.69. The second-order valence-electron chi connectivity index (χ2n) is 3.34. The van der Waals surface area contributed by atoms with E-state index < -0.39 is 0 Å². The van der Waals surface area contributed by atoms with E-state index in [0.29, 0.717) is 16.5 Å². The molecule has 1 heterocycles. The summed E-state index contributed by atoms with van der Waals surface area (Å²) in [4.78, 5) is 5.82. The molecule has 0 unspecified atom stereocenters. The molecule has 1 aromatic carbocycles. The number of hydrogen-bond acceptors (Lipinski definition) is 2. The summed E-state index contributed by atoms with van der Waals surface area (Å²) in [6, 6.07) is 10.1. The highest BCUT2D eigenvalue weighted by Crippen LogP contribution is 2.26. The van der Waals surface area contributed by atoms with Crippen molar-refractivity contribution in [3.8, 4) is 0 Å². The van der Waals surface area contributed by atoms with Gasteiger partial charge in [0.05, 0.1) is 5.69 Å². The van der Waals surface area contributed by atoms with Gasteiger partial charge in [0, 0.05) is 18.3 Å². The molecular weight excluding hydrogens is 227 g/mol. The molecule has 0 saturated carbocycles. The second-order valence-corrected chi connectivity index (χ2v) is 3.78. The van der Waals surface area contributed by atoms with Crippen LogP contribution in [0.2, 0.25) is 5.02 Å². The molecule has 0 spiro atoms. The molecule has 1 aromatic heterocycles. The molecular formula is C12H10ClFN2. The van der Waals surface area contributed by atoms with E-state index in [4.69, 9.17) is 11.6 Å². The van der Waals surface area contributed by atoms with Crippen LogP contribution in [0.25, 0.3) is 0 Å². The molecule has 16 heavy (non-hydrogen) atoms. The van der Waals surface area contributed by atoms with E-state index >= 15 is 0 Å². The molecule has 0 atom stereocenters. The number of benzene rings is 1. The molecule has 4 heteroatoms. The van der Waals surface area contributed by atoms with Crippen molar-refractivity contribution in [2.45, 2.75) is 0 Å². The average Bonchev–Trinajstić information content (AvgIpc) is 2.29. The summed E-state index contributed by atoms with van der Waals surface area (Å²) in [5.74, 6) is 0.323. The standard InChI is InChI=1S/C12H10ClFN2/c1-16(12-4-2-3-7-15-12)11-6-5-9(13)8-10(11)14/h2-8H,1H3. The molecule has 0 aliphatic carbocycles.